The Morgan fingerprint density at radius 3 is 2.38 bits per heavy atom. The molecule has 3 aromatic rings. The van der Waals surface area contributed by atoms with Gasteiger partial charge in [0.15, 0.2) is 0 Å². The fourth-order valence-corrected chi connectivity index (χ4v) is 2.92. The molecule has 24 heavy (non-hydrogen) atoms. The fraction of sp³-hybridized carbons (Fsp3) is 0.222. The van der Waals surface area contributed by atoms with Crippen molar-refractivity contribution in [1.29, 1.82) is 0 Å². The molecule has 3 heterocycles. The van der Waals surface area contributed by atoms with Crippen LogP contribution >= 0.6 is 0 Å². The van der Waals surface area contributed by atoms with Crippen molar-refractivity contribution < 1.29 is 4.79 Å². The lowest BCUT2D eigenvalue weighted by Gasteiger charge is -2.35. The fourth-order valence-electron chi connectivity index (χ4n) is 2.92. The maximum absolute atomic E-state index is 12.5. The van der Waals surface area contributed by atoms with Crippen molar-refractivity contribution in [2.75, 3.05) is 31.1 Å². The van der Waals surface area contributed by atoms with Gasteiger partial charge in [0.2, 0.25) is 0 Å². The minimum Gasteiger partial charge on any atom is -0.352 e. The SMILES string of the molecule is O=C(c1ccncc1)N1CCN(c2cnc3ccccc3n2)CC1. The van der Waals surface area contributed by atoms with Crippen LogP contribution < -0.4 is 4.90 Å². The standard InChI is InChI=1S/C18H17N5O/c24-18(14-5-7-19-8-6-14)23-11-9-22(10-12-23)17-13-20-15-3-1-2-4-16(15)21-17/h1-8,13H,9-12H2. The van der Waals surface area contributed by atoms with Crippen molar-refractivity contribution in [3.8, 4) is 0 Å². The van der Waals surface area contributed by atoms with Gasteiger partial charge in [0, 0.05) is 44.1 Å². The Kier molecular flexibility index (Phi) is 3.78. The summed E-state index contributed by atoms with van der Waals surface area (Å²) >= 11 is 0. The minimum absolute atomic E-state index is 0.0571. The molecule has 0 N–H and O–H groups in total. The molecule has 1 saturated heterocycles. The van der Waals surface area contributed by atoms with Gasteiger partial charge in [-0.15, -0.1) is 0 Å². The number of rotatable bonds is 2. The van der Waals surface area contributed by atoms with Crippen molar-refractivity contribution in [2.24, 2.45) is 0 Å². The van der Waals surface area contributed by atoms with Crippen molar-refractivity contribution in [3.05, 3.63) is 60.6 Å². The zero-order chi connectivity index (χ0) is 16.4. The summed E-state index contributed by atoms with van der Waals surface area (Å²) in [6.07, 6.45) is 5.10. The lowest BCUT2D eigenvalue weighted by molar-refractivity contribution is 0.0746. The summed E-state index contributed by atoms with van der Waals surface area (Å²) in [5.41, 5.74) is 2.47. The maximum atomic E-state index is 12.5. The number of hydrogen-bond acceptors (Lipinski definition) is 5. The van der Waals surface area contributed by atoms with Crippen LogP contribution in [0.2, 0.25) is 0 Å². The number of carbonyl (C=O) groups is 1. The molecule has 0 spiro atoms. The summed E-state index contributed by atoms with van der Waals surface area (Å²) in [6, 6.07) is 11.4. The molecule has 0 bridgehead atoms. The van der Waals surface area contributed by atoms with Crippen molar-refractivity contribution in [2.45, 2.75) is 0 Å². The Morgan fingerprint density at radius 1 is 0.917 bits per heavy atom. The largest absolute Gasteiger partial charge is 0.352 e. The molecule has 1 aliphatic rings. The summed E-state index contributed by atoms with van der Waals surface area (Å²) in [5, 5.41) is 0. The van der Waals surface area contributed by atoms with E-state index in [1.54, 1.807) is 24.5 Å². The Bertz CT molecular complexity index is 859. The lowest BCUT2D eigenvalue weighted by Crippen LogP contribution is -2.49. The predicted octanol–water partition coefficient (Wildman–Crippen LogP) is 1.99. The van der Waals surface area contributed by atoms with Gasteiger partial charge in [0.1, 0.15) is 5.82 Å². The topological polar surface area (TPSA) is 62.2 Å². The van der Waals surface area contributed by atoms with Gasteiger partial charge in [-0.1, -0.05) is 12.1 Å². The van der Waals surface area contributed by atoms with E-state index in [0.717, 1.165) is 29.9 Å². The van der Waals surface area contributed by atoms with Gasteiger partial charge in [-0.3, -0.25) is 14.8 Å². The molecule has 0 aliphatic carbocycles. The molecule has 1 amide bonds. The Hall–Kier alpha value is -3.02. The molecule has 1 aliphatic heterocycles. The minimum atomic E-state index is 0.0571. The van der Waals surface area contributed by atoms with Crippen LogP contribution in [0.3, 0.4) is 0 Å². The highest BCUT2D eigenvalue weighted by Crippen LogP contribution is 2.17. The van der Waals surface area contributed by atoms with Crippen LogP contribution in [0.1, 0.15) is 10.4 Å². The van der Waals surface area contributed by atoms with Crippen molar-refractivity contribution in [3.63, 3.8) is 0 Å². The molecule has 0 saturated carbocycles. The number of fused-ring (bicyclic) bond motifs is 1. The zero-order valence-electron chi connectivity index (χ0n) is 13.2. The highest BCUT2D eigenvalue weighted by Gasteiger charge is 2.23. The highest BCUT2D eigenvalue weighted by molar-refractivity contribution is 5.94. The molecular weight excluding hydrogens is 302 g/mol. The number of anilines is 1. The number of aromatic nitrogens is 3. The zero-order valence-corrected chi connectivity index (χ0v) is 13.2. The number of carbonyl (C=O) groups excluding carboxylic acids is 1. The molecule has 6 nitrogen and oxygen atoms in total. The first-order valence-corrected chi connectivity index (χ1v) is 7.97. The van der Waals surface area contributed by atoms with Gasteiger partial charge in [0.05, 0.1) is 17.2 Å². The molecule has 0 radical (unpaired) electrons. The Labute approximate surface area is 139 Å². The van der Waals surface area contributed by atoms with Crippen LogP contribution in [0.15, 0.2) is 55.0 Å². The third kappa shape index (κ3) is 2.78. The predicted molar refractivity (Wildman–Crippen MR) is 91.9 cm³/mol. The van der Waals surface area contributed by atoms with E-state index in [0.29, 0.717) is 18.7 Å². The van der Waals surface area contributed by atoms with Gasteiger partial charge in [0.25, 0.3) is 5.91 Å². The highest BCUT2D eigenvalue weighted by atomic mass is 16.2. The van der Waals surface area contributed by atoms with Gasteiger partial charge < -0.3 is 9.80 Å². The first-order chi connectivity index (χ1) is 11.8. The number of pyridine rings is 1. The van der Waals surface area contributed by atoms with Gasteiger partial charge in [-0.25, -0.2) is 4.98 Å². The normalized spacial score (nSPS) is 14.8. The molecular formula is C18H17N5O. The third-order valence-corrected chi connectivity index (χ3v) is 4.25. The summed E-state index contributed by atoms with van der Waals surface area (Å²) < 4.78 is 0. The smallest absolute Gasteiger partial charge is 0.254 e. The molecule has 1 aromatic carbocycles. The van der Waals surface area contributed by atoms with Gasteiger partial charge in [-0.2, -0.15) is 0 Å². The second kappa shape index (κ2) is 6.23. The second-order valence-corrected chi connectivity index (χ2v) is 5.73. The van der Waals surface area contributed by atoms with E-state index in [1.165, 1.54) is 0 Å². The molecule has 120 valence electrons. The van der Waals surface area contributed by atoms with Gasteiger partial charge in [-0.05, 0) is 24.3 Å². The van der Waals surface area contributed by atoms with E-state index in [4.69, 9.17) is 0 Å². The number of piperazine rings is 1. The number of para-hydroxylation sites is 2. The number of hydrogen-bond donors (Lipinski definition) is 0. The number of nitrogens with zero attached hydrogens (tertiary/aromatic N) is 5. The number of amides is 1. The average molecular weight is 319 g/mol. The van der Waals surface area contributed by atoms with Gasteiger partial charge >= 0.3 is 0 Å². The van der Waals surface area contributed by atoms with Crippen molar-refractivity contribution >= 4 is 22.8 Å². The summed E-state index contributed by atoms with van der Waals surface area (Å²) in [5.74, 6) is 0.923. The summed E-state index contributed by atoms with van der Waals surface area (Å²) in [6.45, 7) is 2.86. The van der Waals surface area contributed by atoms with Crippen LogP contribution in [-0.4, -0.2) is 51.9 Å². The molecule has 1 fully saturated rings. The molecule has 2 aromatic heterocycles. The summed E-state index contributed by atoms with van der Waals surface area (Å²) in [7, 11) is 0. The second-order valence-electron chi connectivity index (χ2n) is 5.73. The van der Waals surface area contributed by atoms with Crippen LogP contribution in [-0.2, 0) is 0 Å². The molecule has 4 rings (SSSR count). The lowest BCUT2D eigenvalue weighted by atomic mass is 10.2. The molecule has 6 heteroatoms. The first-order valence-electron chi connectivity index (χ1n) is 7.97. The van der Waals surface area contributed by atoms with E-state index in [1.807, 2.05) is 35.4 Å². The first kappa shape index (κ1) is 14.6. The Morgan fingerprint density at radius 2 is 1.62 bits per heavy atom. The monoisotopic (exact) mass is 319 g/mol. The van der Waals surface area contributed by atoms with E-state index >= 15 is 0 Å². The van der Waals surface area contributed by atoms with Crippen molar-refractivity contribution in [1.82, 2.24) is 19.9 Å². The molecule has 0 unspecified atom stereocenters. The van der Waals surface area contributed by atoms with E-state index < -0.39 is 0 Å². The Balaban J connectivity index is 1.46. The maximum Gasteiger partial charge on any atom is 0.254 e. The molecule has 0 atom stereocenters. The quantitative estimate of drug-likeness (QED) is 0.723. The van der Waals surface area contributed by atoms with Crippen LogP contribution in [0.4, 0.5) is 5.82 Å². The number of benzene rings is 1. The van der Waals surface area contributed by atoms with E-state index in [2.05, 4.69) is 19.9 Å². The summed E-state index contributed by atoms with van der Waals surface area (Å²) in [4.78, 5) is 29.6. The van der Waals surface area contributed by atoms with Crippen LogP contribution in [0.5, 0.6) is 0 Å². The van der Waals surface area contributed by atoms with E-state index in [-0.39, 0.29) is 5.91 Å². The van der Waals surface area contributed by atoms with Crippen LogP contribution in [0, 0.1) is 0 Å². The van der Waals surface area contributed by atoms with Crippen LogP contribution in [0.25, 0.3) is 11.0 Å². The average Bonchev–Trinajstić information content (AvgIpc) is 2.68. The van der Waals surface area contributed by atoms with E-state index in [9.17, 15) is 4.79 Å². The third-order valence-electron chi connectivity index (χ3n) is 4.25.